The fourth-order valence-electron chi connectivity index (χ4n) is 3.14. The van der Waals surface area contributed by atoms with Crippen molar-refractivity contribution in [1.82, 2.24) is 0 Å². The van der Waals surface area contributed by atoms with Gasteiger partial charge in [0.05, 0.1) is 18.6 Å². The van der Waals surface area contributed by atoms with E-state index in [2.05, 4.69) is 6.92 Å². The Labute approximate surface area is 164 Å². The van der Waals surface area contributed by atoms with Gasteiger partial charge in [0.2, 0.25) is 0 Å². The summed E-state index contributed by atoms with van der Waals surface area (Å²) in [6, 6.07) is 12.8. The highest BCUT2D eigenvalue weighted by atomic mass is 16.5. The Morgan fingerprint density at radius 1 is 1.11 bits per heavy atom. The first-order chi connectivity index (χ1) is 13.3. The maximum Gasteiger partial charge on any atom is 0.343 e. The maximum atomic E-state index is 12.4. The molecule has 0 radical (unpaired) electrons. The topological polar surface area (TPSA) is 68.9 Å². The van der Waals surface area contributed by atoms with Crippen LogP contribution in [0.5, 0.6) is 11.5 Å². The lowest BCUT2D eigenvalue weighted by Gasteiger charge is -2.22. The Morgan fingerprint density at radius 3 is 2.39 bits per heavy atom. The third-order valence-corrected chi connectivity index (χ3v) is 4.75. The number of hydrogen-bond acceptors (Lipinski definition) is 5. The molecule has 3 rings (SSSR count). The molecule has 1 heterocycles. The molecular weight excluding hydrogens is 356 g/mol. The van der Waals surface area contributed by atoms with Gasteiger partial charge in [-0.05, 0) is 51.0 Å². The van der Waals surface area contributed by atoms with E-state index < -0.39 is 11.2 Å². The summed E-state index contributed by atoms with van der Waals surface area (Å²) in [6.45, 7) is 7.25. The highest BCUT2D eigenvalue weighted by Crippen LogP contribution is 2.40. The zero-order valence-corrected chi connectivity index (χ0v) is 16.9. The molecule has 3 aromatic rings. The lowest BCUT2D eigenvalue weighted by molar-refractivity contribution is 0.0521. The molecule has 0 saturated carbocycles. The quantitative estimate of drug-likeness (QED) is 0.658. The van der Waals surface area contributed by atoms with Gasteiger partial charge in [-0.25, -0.2) is 4.79 Å². The van der Waals surface area contributed by atoms with Crippen LogP contribution in [0.15, 0.2) is 51.7 Å². The summed E-state index contributed by atoms with van der Waals surface area (Å²) in [5.41, 5.74) is -0.376. The van der Waals surface area contributed by atoms with Crippen molar-refractivity contribution in [3.8, 4) is 22.6 Å². The number of ether oxygens (including phenoxy) is 2. The average Bonchev–Trinajstić information content (AvgIpc) is 2.67. The first kappa shape index (κ1) is 20.0. The van der Waals surface area contributed by atoms with E-state index in [0.29, 0.717) is 27.8 Å². The normalized spacial score (nSPS) is 12.8. The number of aliphatic hydroxyl groups is 1. The van der Waals surface area contributed by atoms with Crippen molar-refractivity contribution >= 4 is 10.8 Å². The first-order valence-electron chi connectivity index (χ1n) is 9.40. The molecule has 0 fully saturated rings. The summed E-state index contributed by atoms with van der Waals surface area (Å²) >= 11 is 0. The summed E-state index contributed by atoms with van der Waals surface area (Å²) < 4.78 is 17.0. The molecular formula is C23H26O5. The minimum absolute atomic E-state index is 0.0577. The summed E-state index contributed by atoms with van der Waals surface area (Å²) in [5.74, 6) is 1.44. The largest absolute Gasteiger partial charge is 0.493 e. The van der Waals surface area contributed by atoms with Crippen molar-refractivity contribution in [2.45, 2.75) is 45.8 Å². The van der Waals surface area contributed by atoms with Gasteiger partial charge >= 0.3 is 5.63 Å². The van der Waals surface area contributed by atoms with Gasteiger partial charge in [-0.1, -0.05) is 31.2 Å². The zero-order valence-electron chi connectivity index (χ0n) is 16.9. The van der Waals surface area contributed by atoms with Crippen LogP contribution in [-0.2, 0) is 5.60 Å². The van der Waals surface area contributed by atoms with E-state index in [1.165, 1.54) is 0 Å². The van der Waals surface area contributed by atoms with Gasteiger partial charge in [0.15, 0.2) is 11.5 Å². The Kier molecular flexibility index (Phi) is 5.47. The molecule has 2 aromatic carbocycles. The molecule has 5 nitrogen and oxygen atoms in total. The van der Waals surface area contributed by atoms with Gasteiger partial charge in [-0.3, -0.25) is 0 Å². The summed E-state index contributed by atoms with van der Waals surface area (Å²) in [7, 11) is 1.59. The molecule has 0 aliphatic heterocycles. The fraction of sp³-hybridized carbons (Fsp3) is 0.348. The van der Waals surface area contributed by atoms with Crippen molar-refractivity contribution in [3.63, 3.8) is 0 Å². The standard InChI is InChI=1S/C23H26O5/c1-6-14(2)27-18-12-11-15(13-19(18)26-5)20-16-9-7-8-10-17(16)22(24)28-21(20)23(3,4)25/h7-14,25H,6H2,1-5H3. The summed E-state index contributed by atoms with van der Waals surface area (Å²) in [4.78, 5) is 12.4. The number of benzene rings is 2. The molecule has 0 amide bonds. The highest BCUT2D eigenvalue weighted by molar-refractivity contribution is 5.97. The molecule has 0 saturated heterocycles. The first-order valence-corrected chi connectivity index (χ1v) is 9.40. The molecule has 1 aromatic heterocycles. The number of hydrogen-bond donors (Lipinski definition) is 1. The molecule has 148 valence electrons. The maximum absolute atomic E-state index is 12.4. The van der Waals surface area contributed by atoms with Gasteiger partial charge in [0, 0.05) is 10.9 Å². The summed E-state index contributed by atoms with van der Waals surface area (Å²) in [6.07, 6.45) is 0.935. The Hall–Kier alpha value is -2.79. The van der Waals surface area contributed by atoms with Crippen LogP contribution >= 0.6 is 0 Å². The fourth-order valence-corrected chi connectivity index (χ4v) is 3.14. The molecule has 0 aliphatic carbocycles. The molecule has 1 N–H and O–H groups in total. The Balaban J connectivity index is 2.28. The van der Waals surface area contributed by atoms with E-state index in [-0.39, 0.29) is 11.9 Å². The predicted octanol–water partition coefficient (Wildman–Crippen LogP) is 4.87. The smallest absolute Gasteiger partial charge is 0.343 e. The van der Waals surface area contributed by atoms with Crippen molar-refractivity contribution in [1.29, 1.82) is 0 Å². The van der Waals surface area contributed by atoms with Crippen molar-refractivity contribution in [3.05, 3.63) is 58.6 Å². The molecule has 5 heteroatoms. The molecule has 1 unspecified atom stereocenters. The van der Waals surface area contributed by atoms with Crippen LogP contribution in [0.1, 0.15) is 39.9 Å². The third-order valence-electron chi connectivity index (χ3n) is 4.75. The van der Waals surface area contributed by atoms with Crippen LogP contribution in [0.2, 0.25) is 0 Å². The number of methoxy groups -OCH3 is 1. The molecule has 1 atom stereocenters. The second-order valence-electron chi connectivity index (χ2n) is 7.40. The molecule has 0 aliphatic rings. The zero-order chi connectivity index (χ0) is 20.5. The van der Waals surface area contributed by atoms with Gasteiger partial charge in [-0.15, -0.1) is 0 Å². The van der Waals surface area contributed by atoms with Crippen LogP contribution in [-0.4, -0.2) is 18.3 Å². The van der Waals surface area contributed by atoms with Crippen molar-refractivity contribution < 1.29 is 19.0 Å². The lowest BCUT2D eigenvalue weighted by Crippen LogP contribution is -2.20. The van der Waals surface area contributed by atoms with Crippen LogP contribution in [0.25, 0.3) is 21.9 Å². The van der Waals surface area contributed by atoms with Crippen LogP contribution in [0.3, 0.4) is 0 Å². The third kappa shape index (κ3) is 3.76. The van der Waals surface area contributed by atoms with E-state index in [1.54, 1.807) is 33.1 Å². The van der Waals surface area contributed by atoms with Crippen LogP contribution < -0.4 is 15.1 Å². The van der Waals surface area contributed by atoms with Crippen molar-refractivity contribution in [2.24, 2.45) is 0 Å². The van der Waals surface area contributed by atoms with Crippen LogP contribution in [0, 0.1) is 0 Å². The van der Waals surface area contributed by atoms with E-state index in [0.717, 1.165) is 12.0 Å². The van der Waals surface area contributed by atoms with Gasteiger partial charge in [0.25, 0.3) is 0 Å². The lowest BCUT2D eigenvalue weighted by atomic mass is 9.92. The molecule has 0 bridgehead atoms. The van der Waals surface area contributed by atoms with Gasteiger partial charge in [0.1, 0.15) is 11.4 Å². The minimum Gasteiger partial charge on any atom is -0.493 e. The number of rotatable bonds is 6. The SMILES string of the molecule is CCC(C)Oc1ccc(-c2c(C(C)(C)O)oc(=O)c3ccccc23)cc1OC. The number of fused-ring (bicyclic) bond motifs is 1. The minimum atomic E-state index is -1.34. The van der Waals surface area contributed by atoms with E-state index in [9.17, 15) is 9.90 Å². The van der Waals surface area contributed by atoms with E-state index in [1.807, 2.05) is 37.3 Å². The summed E-state index contributed by atoms with van der Waals surface area (Å²) in [5, 5.41) is 11.8. The van der Waals surface area contributed by atoms with E-state index in [4.69, 9.17) is 13.9 Å². The predicted molar refractivity (Wildman–Crippen MR) is 110 cm³/mol. The van der Waals surface area contributed by atoms with Crippen LogP contribution in [0.4, 0.5) is 0 Å². The Morgan fingerprint density at radius 2 is 1.79 bits per heavy atom. The Bertz CT molecular complexity index is 1040. The second-order valence-corrected chi connectivity index (χ2v) is 7.40. The highest BCUT2D eigenvalue weighted by Gasteiger charge is 2.28. The molecule has 0 spiro atoms. The van der Waals surface area contributed by atoms with Crippen molar-refractivity contribution in [2.75, 3.05) is 7.11 Å². The monoisotopic (exact) mass is 382 g/mol. The van der Waals surface area contributed by atoms with E-state index >= 15 is 0 Å². The molecule has 28 heavy (non-hydrogen) atoms. The van der Waals surface area contributed by atoms with Gasteiger partial charge < -0.3 is 19.0 Å². The second kappa shape index (κ2) is 7.68. The average molecular weight is 382 g/mol. The van der Waals surface area contributed by atoms with Gasteiger partial charge in [-0.2, -0.15) is 0 Å².